The highest BCUT2D eigenvalue weighted by molar-refractivity contribution is 6.08. The molecule has 3 rings (SSSR count). The Labute approximate surface area is 176 Å². The van der Waals surface area contributed by atoms with Gasteiger partial charge in [-0.25, -0.2) is 0 Å². The monoisotopic (exact) mass is 425 g/mol. The van der Waals surface area contributed by atoms with Crippen LogP contribution in [0.25, 0.3) is 0 Å². The number of nitrogens with zero attached hydrogens (tertiary/aromatic N) is 1. The lowest BCUT2D eigenvalue weighted by Crippen LogP contribution is -2.15. The molecule has 10 nitrogen and oxygen atoms in total. The fourth-order valence-electron chi connectivity index (χ4n) is 2.75. The highest BCUT2D eigenvalue weighted by Gasteiger charge is 2.25. The minimum Gasteiger partial charge on any atom is -0.493 e. The molecule has 0 saturated carbocycles. The van der Waals surface area contributed by atoms with Crippen LogP contribution in [0.5, 0.6) is 11.5 Å². The van der Waals surface area contributed by atoms with Crippen molar-refractivity contribution in [2.75, 3.05) is 24.4 Å². The molecule has 2 N–H and O–H groups in total. The maximum atomic E-state index is 12.7. The van der Waals surface area contributed by atoms with Gasteiger partial charge in [0, 0.05) is 17.4 Å². The van der Waals surface area contributed by atoms with E-state index in [0.717, 1.165) is 6.07 Å². The lowest BCUT2D eigenvalue weighted by Gasteiger charge is -2.12. The molecule has 0 aliphatic rings. The Hall–Kier alpha value is -4.34. The Kier molecular flexibility index (Phi) is 6.51. The van der Waals surface area contributed by atoms with Crippen LogP contribution in [0.1, 0.15) is 27.8 Å². The number of hydrogen-bond donors (Lipinski definition) is 2. The molecule has 2 aromatic carbocycles. The zero-order valence-corrected chi connectivity index (χ0v) is 16.7. The molecule has 2 amide bonds. The first-order valence-electron chi connectivity index (χ1n) is 9.18. The Morgan fingerprint density at radius 1 is 1.03 bits per heavy atom. The van der Waals surface area contributed by atoms with Gasteiger partial charge < -0.3 is 24.5 Å². The van der Waals surface area contributed by atoms with Gasteiger partial charge >= 0.3 is 0 Å². The van der Waals surface area contributed by atoms with Gasteiger partial charge in [-0.05, 0) is 43.3 Å². The first-order valence-corrected chi connectivity index (χ1v) is 9.18. The van der Waals surface area contributed by atoms with Gasteiger partial charge in [-0.3, -0.25) is 19.7 Å². The van der Waals surface area contributed by atoms with E-state index in [-0.39, 0.29) is 29.4 Å². The SMILES string of the molecule is CCOc1cc([N+](=O)[O-])c(C(=O)Nc2ccc(NC(=O)c3ccco3)cc2)cc1OC. The third-order valence-corrected chi connectivity index (χ3v) is 4.17. The van der Waals surface area contributed by atoms with E-state index in [2.05, 4.69) is 10.6 Å². The normalized spacial score (nSPS) is 10.3. The summed E-state index contributed by atoms with van der Waals surface area (Å²) in [7, 11) is 1.38. The second-order valence-electron chi connectivity index (χ2n) is 6.17. The number of furan rings is 1. The van der Waals surface area contributed by atoms with E-state index < -0.39 is 22.4 Å². The van der Waals surface area contributed by atoms with Gasteiger partial charge in [0.2, 0.25) is 0 Å². The van der Waals surface area contributed by atoms with Crippen molar-refractivity contribution in [1.29, 1.82) is 0 Å². The van der Waals surface area contributed by atoms with Crippen molar-refractivity contribution in [1.82, 2.24) is 0 Å². The summed E-state index contributed by atoms with van der Waals surface area (Å²) in [5.74, 6) is -0.577. The lowest BCUT2D eigenvalue weighted by molar-refractivity contribution is -0.385. The predicted octanol–water partition coefficient (Wildman–Crippen LogP) is 4.10. The highest BCUT2D eigenvalue weighted by atomic mass is 16.6. The van der Waals surface area contributed by atoms with E-state index in [1.165, 1.54) is 25.5 Å². The molecule has 0 saturated heterocycles. The van der Waals surface area contributed by atoms with Crippen LogP contribution < -0.4 is 20.1 Å². The summed E-state index contributed by atoms with van der Waals surface area (Å²) in [4.78, 5) is 35.5. The van der Waals surface area contributed by atoms with Gasteiger partial charge in [-0.1, -0.05) is 0 Å². The van der Waals surface area contributed by atoms with Crippen LogP contribution in [-0.4, -0.2) is 30.5 Å². The average molecular weight is 425 g/mol. The number of ether oxygens (including phenoxy) is 2. The molecule has 1 aromatic heterocycles. The second-order valence-corrected chi connectivity index (χ2v) is 6.17. The topological polar surface area (TPSA) is 133 Å². The number of anilines is 2. The quantitative estimate of drug-likeness (QED) is 0.410. The molecule has 31 heavy (non-hydrogen) atoms. The van der Waals surface area contributed by atoms with Crippen LogP contribution in [0.15, 0.2) is 59.2 Å². The first kappa shape index (κ1) is 21.4. The molecule has 1 heterocycles. The zero-order chi connectivity index (χ0) is 22.4. The number of carbonyl (C=O) groups excluding carboxylic acids is 2. The number of nitrogens with one attached hydrogen (secondary N) is 2. The maximum absolute atomic E-state index is 12.7. The van der Waals surface area contributed by atoms with Crippen molar-refractivity contribution < 1.29 is 28.4 Å². The lowest BCUT2D eigenvalue weighted by atomic mass is 10.1. The van der Waals surface area contributed by atoms with Crippen LogP contribution in [0, 0.1) is 10.1 Å². The van der Waals surface area contributed by atoms with E-state index >= 15 is 0 Å². The van der Waals surface area contributed by atoms with Crippen LogP contribution in [0.4, 0.5) is 17.1 Å². The average Bonchev–Trinajstić information content (AvgIpc) is 3.30. The van der Waals surface area contributed by atoms with Gasteiger partial charge in [0.15, 0.2) is 17.3 Å². The Bertz CT molecular complexity index is 1090. The van der Waals surface area contributed by atoms with Gasteiger partial charge in [-0.2, -0.15) is 0 Å². The third kappa shape index (κ3) is 4.99. The van der Waals surface area contributed by atoms with Crippen molar-refractivity contribution in [2.24, 2.45) is 0 Å². The van der Waals surface area contributed by atoms with E-state index in [0.29, 0.717) is 11.4 Å². The van der Waals surface area contributed by atoms with E-state index in [1.54, 1.807) is 37.3 Å². The third-order valence-electron chi connectivity index (χ3n) is 4.17. The Morgan fingerprint density at radius 2 is 1.68 bits per heavy atom. The number of hydrogen-bond acceptors (Lipinski definition) is 7. The molecule has 0 fully saturated rings. The van der Waals surface area contributed by atoms with E-state index in [4.69, 9.17) is 13.9 Å². The van der Waals surface area contributed by atoms with Crippen LogP contribution in [0.2, 0.25) is 0 Å². The molecule has 0 bridgehead atoms. The van der Waals surface area contributed by atoms with Crippen molar-refractivity contribution >= 4 is 28.9 Å². The summed E-state index contributed by atoms with van der Waals surface area (Å²) >= 11 is 0. The standard InChI is InChI=1S/C21H19N3O7/c1-3-30-19-12-16(24(27)28)15(11-18(19)29-2)20(25)22-13-6-8-14(9-7-13)23-21(26)17-5-4-10-31-17/h4-12H,3H2,1-2H3,(H,22,25)(H,23,26). The van der Waals surface area contributed by atoms with Gasteiger partial charge in [-0.15, -0.1) is 0 Å². The molecule has 10 heteroatoms. The number of methoxy groups -OCH3 is 1. The molecule has 0 atom stereocenters. The number of carbonyl (C=O) groups is 2. The molecule has 3 aromatic rings. The minimum absolute atomic E-state index is 0.161. The zero-order valence-electron chi connectivity index (χ0n) is 16.7. The summed E-state index contributed by atoms with van der Waals surface area (Å²) < 4.78 is 15.5. The number of benzene rings is 2. The molecule has 160 valence electrons. The molecule has 0 aliphatic carbocycles. The van der Waals surface area contributed by atoms with E-state index in [9.17, 15) is 19.7 Å². The van der Waals surface area contributed by atoms with Crippen molar-refractivity contribution in [3.63, 3.8) is 0 Å². The molecule has 0 unspecified atom stereocenters. The predicted molar refractivity (Wildman–Crippen MR) is 112 cm³/mol. The highest BCUT2D eigenvalue weighted by Crippen LogP contribution is 2.35. The molecular formula is C21H19N3O7. The van der Waals surface area contributed by atoms with Crippen molar-refractivity contribution in [3.8, 4) is 11.5 Å². The summed E-state index contributed by atoms with van der Waals surface area (Å²) in [5, 5.41) is 16.7. The summed E-state index contributed by atoms with van der Waals surface area (Å²) in [6.07, 6.45) is 1.39. The van der Waals surface area contributed by atoms with Gasteiger partial charge in [0.1, 0.15) is 5.56 Å². The Balaban J connectivity index is 1.77. The first-order chi connectivity index (χ1) is 14.9. The van der Waals surface area contributed by atoms with Gasteiger partial charge in [0.05, 0.1) is 31.0 Å². The number of rotatable bonds is 8. The molecular weight excluding hydrogens is 406 g/mol. The minimum atomic E-state index is -0.694. The molecule has 0 radical (unpaired) electrons. The largest absolute Gasteiger partial charge is 0.493 e. The maximum Gasteiger partial charge on any atom is 0.291 e. The summed E-state index contributed by atoms with van der Waals surface area (Å²) in [6, 6.07) is 11.8. The Morgan fingerprint density at radius 3 is 2.19 bits per heavy atom. The summed E-state index contributed by atoms with van der Waals surface area (Å²) in [6.45, 7) is 2.01. The van der Waals surface area contributed by atoms with Gasteiger partial charge in [0.25, 0.3) is 17.5 Å². The fraction of sp³-hybridized carbons (Fsp3) is 0.143. The number of nitro benzene ring substituents is 1. The van der Waals surface area contributed by atoms with Crippen molar-refractivity contribution in [2.45, 2.75) is 6.92 Å². The van der Waals surface area contributed by atoms with Crippen LogP contribution in [0.3, 0.4) is 0 Å². The molecule has 0 aliphatic heterocycles. The van der Waals surface area contributed by atoms with Crippen LogP contribution in [-0.2, 0) is 0 Å². The smallest absolute Gasteiger partial charge is 0.291 e. The van der Waals surface area contributed by atoms with Crippen molar-refractivity contribution in [3.05, 3.63) is 76.2 Å². The summed E-state index contributed by atoms with van der Waals surface area (Å²) in [5.41, 5.74) is 0.265. The van der Waals surface area contributed by atoms with Crippen LogP contribution >= 0.6 is 0 Å². The molecule has 0 spiro atoms. The van der Waals surface area contributed by atoms with E-state index in [1.807, 2.05) is 0 Å². The number of nitro groups is 1. The fourth-order valence-corrected chi connectivity index (χ4v) is 2.75. The second kappa shape index (κ2) is 9.44. The number of amides is 2.